The van der Waals surface area contributed by atoms with Crippen molar-refractivity contribution in [1.29, 1.82) is 0 Å². The van der Waals surface area contributed by atoms with E-state index in [0.717, 1.165) is 12.0 Å². The highest BCUT2D eigenvalue weighted by Crippen LogP contribution is 2.40. The highest BCUT2D eigenvalue weighted by Gasteiger charge is 2.23. The van der Waals surface area contributed by atoms with Crippen molar-refractivity contribution in [3.05, 3.63) is 27.7 Å². The first-order valence-corrected chi connectivity index (χ1v) is 4.82. The highest BCUT2D eigenvalue weighted by atomic mass is 35.5. The predicted molar refractivity (Wildman–Crippen MR) is 53.5 cm³/mol. The van der Waals surface area contributed by atoms with Crippen LogP contribution in [-0.2, 0) is 0 Å². The van der Waals surface area contributed by atoms with Crippen LogP contribution in [0.4, 0.5) is 0 Å². The second-order valence-electron chi connectivity index (χ2n) is 3.02. The fourth-order valence-electron chi connectivity index (χ4n) is 1.47. The molecule has 0 spiro atoms. The molecule has 2 rings (SSSR count). The molecule has 0 radical (unpaired) electrons. The molecule has 1 aromatic carbocycles. The monoisotopic (exact) mass is 217 g/mol. The van der Waals surface area contributed by atoms with Crippen LogP contribution in [0.2, 0.25) is 10.0 Å². The second kappa shape index (κ2) is 3.37. The van der Waals surface area contributed by atoms with Crippen LogP contribution in [0.5, 0.6) is 5.75 Å². The molecule has 1 aliphatic heterocycles. The Hall–Kier alpha value is -0.440. The van der Waals surface area contributed by atoms with Crippen LogP contribution in [0.15, 0.2) is 12.1 Å². The van der Waals surface area contributed by atoms with Crippen molar-refractivity contribution in [2.45, 2.75) is 12.5 Å². The summed E-state index contributed by atoms with van der Waals surface area (Å²) < 4.78 is 5.41. The normalized spacial score (nSPS) is 20.7. The van der Waals surface area contributed by atoms with E-state index in [1.165, 1.54) is 0 Å². The molecule has 1 aliphatic rings. The molecule has 0 fully saturated rings. The third-order valence-electron chi connectivity index (χ3n) is 2.14. The number of hydrogen-bond donors (Lipinski definition) is 1. The number of benzene rings is 1. The second-order valence-corrected chi connectivity index (χ2v) is 3.83. The Labute approximate surface area is 86.6 Å². The topological polar surface area (TPSA) is 35.2 Å². The summed E-state index contributed by atoms with van der Waals surface area (Å²) in [5.74, 6) is 0.646. The lowest BCUT2D eigenvalue weighted by atomic mass is 10.0. The number of rotatable bonds is 0. The zero-order valence-corrected chi connectivity index (χ0v) is 8.40. The summed E-state index contributed by atoms with van der Waals surface area (Å²) >= 11 is 11.9. The van der Waals surface area contributed by atoms with Gasteiger partial charge in [0.1, 0.15) is 5.75 Å². The molecule has 0 amide bonds. The molecule has 0 saturated carbocycles. The maximum Gasteiger partial charge on any atom is 0.144 e. The largest absolute Gasteiger partial charge is 0.492 e. The van der Waals surface area contributed by atoms with E-state index in [1.807, 2.05) is 0 Å². The molecule has 1 aromatic rings. The van der Waals surface area contributed by atoms with Gasteiger partial charge in [-0.25, -0.2) is 0 Å². The van der Waals surface area contributed by atoms with E-state index in [4.69, 9.17) is 33.7 Å². The fourth-order valence-corrected chi connectivity index (χ4v) is 1.98. The molecule has 1 heterocycles. The van der Waals surface area contributed by atoms with Crippen molar-refractivity contribution in [1.82, 2.24) is 0 Å². The van der Waals surface area contributed by atoms with Gasteiger partial charge >= 0.3 is 0 Å². The summed E-state index contributed by atoms with van der Waals surface area (Å²) in [6.45, 7) is 0.605. The number of hydrogen-bond acceptors (Lipinski definition) is 2. The van der Waals surface area contributed by atoms with Crippen LogP contribution >= 0.6 is 23.2 Å². The van der Waals surface area contributed by atoms with Gasteiger partial charge in [0.05, 0.1) is 11.6 Å². The molecule has 0 aliphatic carbocycles. The molecule has 0 bridgehead atoms. The summed E-state index contributed by atoms with van der Waals surface area (Å²) in [4.78, 5) is 0. The Morgan fingerprint density at radius 3 is 2.69 bits per heavy atom. The SMILES string of the molecule is N[C@H]1CCOc2c(Cl)ccc(Cl)c21. The molecule has 2 N–H and O–H groups in total. The van der Waals surface area contributed by atoms with Crippen LogP contribution in [0.1, 0.15) is 18.0 Å². The number of halogens is 2. The minimum absolute atomic E-state index is 0.0602. The third kappa shape index (κ3) is 1.50. The molecule has 2 nitrogen and oxygen atoms in total. The maximum absolute atomic E-state index is 5.99. The first-order chi connectivity index (χ1) is 6.20. The minimum Gasteiger partial charge on any atom is -0.492 e. The predicted octanol–water partition coefficient (Wildman–Crippen LogP) is 2.78. The van der Waals surface area contributed by atoms with Crippen molar-refractivity contribution < 1.29 is 4.74 Å². The Bertz CT molecular complexity index is 341. The van der Waals surface area contributed by atoms with E-state index in [-0.39, 0.29) is 6.04 Å². The van der Waals surface area contributed by atoms with Gasteiger partial charge in [-0.15, -0.1) is 0 Å². The van der Waals surface area contributed by atoms with Crippen molar-refractivity contribution >= 4 is 23.2 Å². The van der Waals surface area contributed by atoms with Crippen molar-refractivity contribution in [3.8, 4) is 5.75 Å². The highest BCUT2D eigenvalue weighted by molar-refractivity contribution is 6.35. The quantitative estimate of drug-likeness (QED) is 0.726. The summed E-state index contributed by atoms with van der Waals surface area (Å²) in [7, 11) is 0. The van der Waals surface area contributed by atoms with Gasteiger partial charge < -0.3 is 10.5 Å². The van der Waals surface area contributed by atoms with E-state index in [2.05, 4.69) is 0 Å². The van der Waals surface area contributed by atoms with Crippen LogP contribution in [-0.4, -0.2) is 6.61 Å². The molecule has 0 unspecified atom stereocenters. The number of nitrogens with two attached hydrogens (primary N) is 1. The average molecular weight is 218 g/mol. The standard InChI is InChI=1S/C9H9Cl2NO/c10-5-1-2-6(11)9-8(5)7(12)3-4-13-9/h1-2,7H,3-4,12H2/t7-/m0/s1. The van der Waals surface area contributed by atoms with Crippen LogP contribution in [0.3, 0.4) is 0 Å². The molecular formula is C9H9Cl2NO. The maximum atomic E-state index is 5.99. The van der Waals surface area contributed by atoms with E-state index < -0.39 is 0 Å². The first kappa shape index (κ1) is 9.13. The molecule has 13 heavy (non-hydrogen) atoms. The van der Waals surface area contributed by atoms with Crippen molar-refractivity contribution in [2.75, 3.05) is 6.61 Å². The average Bonchev–Trinajstić information content (AvgIpc) is 2.12. The van der Waals surface area contributed by atoms with Gasteiger partial charge in [-0.05, 0) is 12.1 Å². The van der Waals surface area contributed by atoms with Gasteiger partial charge in [-0.1, -0.05) is 23.2 Å². The van der Waals surface area contributed by atoms with Gasteiger partial charge in [0.2, 0.25) is 0 Å². The lowest BCUT2D eigenvalue weighted by molar-refractivity contribution is 0.269. The Morgan fingerprint density at radius 1 is 1.31 bits per heavy atom. The van der Waals surface area contributed by atoms with E-state index in [0.29, 0.717) is 22.4 Å². The van der Waals surface area contributed by atoms with Crippen LogP contribution in [0.25, 0.3) is 0 Å². The zero-order valence-electron chi connectivity index (χ0n) is 6.89. The van der Waals surface area contributed by atoms with Gasteiger partial charge in [-0.3, -0.25) is 0 Å². The van der Waals surface area contributed by atoms with E-state index in [1.54, 1.807) is 12.1 Å². The molecule has 0 aromatic heterocycles. The lowest BCUT2D eigenvalue weighted by Crippen LogP contribution is -2.21. The summed E-state index contributed by atoms with van der Waals surface area (Å²) in [6.07, 6.45) is 0.785. The molecule has 1 atom stereocenters. The summed E-state index contributed by atoms with van der Waals surface area (Å²) in [6, 6.07) is 3.41. The van der Waals surface area contributed by atoms with Crippen molar-refractivity contribution in [2.24, 2.45) is 5.73 Å². The summed E-state index contributed by atoms with van der Waals surface area (Å²) in [5, 5.41) is 1.21. The van der Waals surface area contributed by atoms with Gasteiger partial charge in [-0.2, -0.15) is 0 Å². The van der Waals surface area contributed by atoms with Gasteiger partial charge in [0.25, 0.3) is 0 Å². The van der Waals surface area contributed by atoms with Crippen molar-refractivity contribution in [3.63, 3.8) is 0 Å². The molecule has 70 valence electrons. The molecular weight excluding hydrogens is 209 g/mol. The molecule has 4 heteroatoms. The number of ether oxygens (including phenoxy) is 1. The van der Waals surface area contributed by atoms with Crippen LogP contribution in [0, 0.1) is 0 Å². The van der Waals surface area contributed by atoms with E-state index >= 15 is 0 Å². The summed E-state index contributed by atoms with van der Waals surface area (Å²) in [5.41, 5.74) is 6.73. The Kier molecular flexibility index (Phi) is 2.37. The minimum atomic E-state index is -0.0602. The van der Waals surface area contributed by atoms with Crippen LogP contribution < -0.4 is 10.5 Å². The van der Waals surface area contributed by atoms with E-state index in [9.17, 15) is 0 Å². The fraction of sp³-hybridized carbons (Fsp3) is 0.333. The first-order valence-electron chi connectivity index (χ1n) is 4.06. The Balaban J connectivity index is 2.60. The zero-order chi connectivity index (χ0) is 9.42. The smallest absolute Gasteiger partial charge is 0.144 e. The number of fused-ring (bicyclic) bond motifs is 1. The van der Waals surface area contributed by atoms with Gasteiger partial charge in [0, 0.05) is 23.0 Å². The van der Waals surface area contributed by atoms with Gasteiger partial charge in [0.15, 0.2) is 0 Å². The Morgan fingerprint density at radius 2 is 2.00 bits per heavy atom. The lowest BCUT2D eigenvalue weighted by Gasteiger charge is -2.24. The third-order valence-corrected chi connectivity index (χ3v) is 2.77. The molecule has 0 saturated heterocycles.